The molecule has 122 valence electrons. The van der Waals surface area contributed by atoms with E-state index in [2.05, 4.69) is 10.4 Å². The van der Waals surface area contributed by atoms with E-state index < -0.39 is 11.7 Å². The highest BCUT2D eigenvalue weighted by Crippen LogP contribution is 2.23. The van der Waals surface area contributed by atoms with E-state index in [1.807, 2.05) is 37.3 Å². The molecule has 3 rings (SSSR count). The van der Waals surface area contributed by atoms with Crippen LogP contribution in [0.15, 0.2) is 48.5 Å². The third kappa shape index (κ3) is 3.16. The zero-order valence-corrected chi connectivity index (χ0v) is 13.9. The molecule has 0 unspecified atom stereocenters. The molecule has 0 spiro atoms. The molecule has 0 aliphatic heterocycles. The van der Waals surface area contributed by atoms with E-state index in [0.29, 0.717) is 11.4 Å². The van der Waals surface area contributed by atoms with Crippen LogP contribution in [-0.4, -0.2) is 15.7 Å². The number of halogens is 2. The van der Waals surface area contributed by atoms with E-state index in [0.717, 1.165) is 17.4 Å². The Morgan fingerprint density at radius 2 is 1.88 bits per heavy atom. The fraction of sp³-hybridized carbons (Fsp3) is 0.111. The van der Waals surface area contributed by atoms with E-state index >= 15 is 0 Å². The van der Waals surface area contributed by atoms with Crippen LogP contribution >= 0.6 is 11.6 Å². The highest BCUT2D eigenvalue weighted by atomic mass is 35.5. The van der Waals surface area contributed by atoms with Crippen molar-refractivity contribution in [1.29, 1.82) is 0 Å². The molecule has 0 bridgehead atoms. The van der Waals surface area contributed by atoms with Crippen molar-refractivity contribution in [2.75, 3.05) is 5.32 Å². The molecule has 2 aromatic carbocycles. The van der Waals surface area contributed by atoms with Gasteiger partial charge in [-0.2, -0.15) is 5.10 Å². The summed E-state index contributed by atoms with van der Waals surface area (Å²) >= 11 is 6.00. The summed E-state index contributed by atoms with van der Waals surface area (Å²) in [5.41, 5.74) is 2.16. The second kappa shape index (κ2) is 6.45. The molecule has 6 heteroatoms. The summed E-state index contributed by atoms with van der Waals surface area (Å²) in [5, 5.41) is 7.25. The van der Waals surface area contributed by atoms with Crippen LogP contribution in [0.1, 0.15) is 21.6 Å². The van der Waals surface area contributed by atoms with Crippen LogP contribution in [0.2, 0.25) is 5.02 Å². The number of nitrogens with zero attached hydrogens (tertiary/aromatic N) is 2. The summed E-state index contributed by atoms with van der Waals surface area (Å²) in [4.78, 5) is 12.5. The number of nitrogens with one attached hydrogen (secondary N) is 1. The van der Waals surface area contributed by atoms with Gasteiger partial charge in [0.25, 0.3) is 5.91 Å². The molecule has 0 aliphatic carbocycles. The molecule has 0 radical (unpaired) electrons. The number of para-hydroxylation sites is 1. The van der Waals surface area contributed by atoms with E-state index in [-0.39, 0.29) is 10.6 Å². The van der Waals surface area contributed by atoms with Crippen molar-refractivity contribution in [3.05, 3.63) is 76.2 Å². The van der Waals surface area contributed by atoms with Crippen LogP contribution in [0.4, 0.5) is 10.2 Å². The molecular weight excluding hydrogens is 329 g/mol. The summed E-state index contributed by atoms with van der Waals surface area (Å²) in [6.45, 7) is 3.42. The Kier molecular flexibility index (Phi) is 4.36. The minimum Gasteiger partial charge on any atom is -0.306 e. The summed E-state index contributed by atoms with van der Waals surface area (Å²) in [5.74, 6) is -0.344. The molecule has 0 fully saturated rings. The minimum atomic E-state index is -0.443. The predicted molar refractivity (Wildman–Crippen MR) is 92.4 cm³/mol. The van der Waals surface area contributed by atoms with Gasteiger partial charge in [0.2, 0.25) is 0 Å². The Bertz CT molecular complexity index is 906. The number of rotatable bonds is 3. The maximum atomic E-state index is 13.5. The topological polar surface area (TPSA) is 46.9 Å². The number of benzene rings is 2. The zero-order valence-electron chi connectivity index (χ0n) is 13.2. The van der Waals surface area contributed by atoms with Crippen LogP contribution in [0.25, 0.3) is 5.69 Å². The standard InChI is InChI=1S/C18H15ClFN3O/c1-11-8-14(15(19)10-16(11)20)18(24)21-17-9-12(2)22-23(17)13-6-4-3-5-7-13/h3-10H,1-2H3,(H,21,24). The molecule has 4 nitrogen and oxygen atoms in total. The van der Waals surface area contributed by atoms with Gasteiger partial charge in [-0.15, -0.1) is 0 Å². The fourth-order valence-electron chi connectivity index (χ4n) is 2.37. The van der Waals surface area contributed by atoms with E-state index in [4.69, 9.17) is 11.6 Å². The third-order valence-electron chi connectivity index (χ3n) is 3.57. The molecule has 1 amide bonds. The average molecular weight is 344 g/mol. The second-order valence-corrected chi connectivity index (χ2v) is 5.86. The van der Waals surface area contributed by atoms with Crippen molar-refractivity contribution in [3.8, 4) is 5.69 Å². The highest BCUT2D eigenvalue weighted by molar-refractivity contribution is 6.34. The average Bonchev–Trinajstić information content (AvgIpc) is 2.92. The number of aryl methyl sites for hydroxylation is 2. The van der Waals surface area contributed by atoms with Crippen LogP contribution in [0.3, 0.4) is 0 Å². The number of carbonyl (C=O) groups excluding carboxylic acids is 1. The van der Waals surface area contributed by atoms with Crippen LogP contribution in [-0.2, 0) is 0 Å². The zero-order chi connectivity index (χ0) is 17.3. The molecule has 0 saturated carbocycles. The molecule has 1 heterocycles. The quantitative estimate of drug-likeness (QED) is 0.759. The molecule has 0 saturated heterocycles. The number of carbonyl (C=O) groups is 1. The van der Waals surface area contributed by atoms with E-state index in [1.54, 1.807) is 17.7 Å². The Morgan fingerprint density at radius 1 is 1.17 bits per heavy atom. The number of hydrogen-bond donors (Lipinski definition) is 1. The van der Waals surface area contributed by atoms with Crippen molar-refractivity contribution in [2.45, 2.75) is 13.8 Å². The Labute approximate surface area is 143 Å². The largest absolute Gasteiger partial charge is 0.306 e. The normalized spacial score (nSPS) is 10.7. The van der Waals surface area contributed by atoms with Crippen LogP contribution in [0, 0.1) is 19.7 Å². The van der Waals surface area contributed by atoms with Gasteiger partial charge in [-0.25, -0.2) is 9.07 Å². The van der Waals surface area contributed by atoms with Gasteiger partial charge in [0.15, 0.2) is 0 Å². The third-order valence-corrected chi connectivity index (χ3v) is 3.88. The first-order valence-electron chi connectivity index (χ1n) is 7.35. The van der Waals surface area contributed by atoms with E-state index in [9.17, 15) is 9.18 Å². The van der Waals surface area contributed by atoms with Gasteiger partial charge in [-0.1, -0.05) is 29.8 Å². The lowest BCUT2D eigenvalue weighted by Gasteiger charge is -2.10. The van der Waals surface area contributed by atoms with Crippen molar-refractivity contribution in [2.24, 2.45) is 0 Å². The SMILES string of the molecule is Cc1cc(NC(=O)c2cc(C)c(F)cc2Cl)n(-c2ccccc2)n1. The molecule has 24 heavy (non-hydrogen) atoms. The number of aromatic nitrogens is 2. The highest BCUT2D eigenvalue weighted by Gasteiger charge is 2.16. The lowest BCUT2D eigenvalue weighted by atomic mass is 10.1. The first-order valence-corrected chi connectivity index (χ1v) is 7.72. The molecule has 1 aromatic heterocycles. The van der Waals surface area contributed by atoms with Gasteiger partial charge in [-0.05, 0) is 43.7 Å². The maximum absolute atomic E-state index is 13.5. The number of anilines is 1. The molecular formula is C18H15ClFN3O. The van der Waals surface area contributed by atoms with E-state index in [1.165, 1.54) is 6.07 Å². The number of hydrogen-bond acceptors (Lipinski definition) is 2. The predicted octanol–water partition coefficient (Wildman–Crippen LogP) is 4.53. The Hall–Kier alpha value is -2.66. The summed E-state index contributed by atoms with van der Waals surface area (Å²) < 4.78 is 15.1. The molecule has 3 aromatic rings. The maximum Gasteiger partial charge on any atom is 0.258 e. The van der Waals surface area contributed by atoms with Crippen LogP contribution < -0.4 is 5.32 Å². The Morgan fingerprint density at radius 3 is 2.58 bits per heavy atom. The monoisotopic (exact) mass is 343 g/mol. The summed E-state index contributed by atoms with van der Waals surface area (Å²) in [7, 11) is 0. The van der Waals surface area contributed by atoms with Gasteiger partial charge < -0.3 is 5.32 Å². The molecule has 0 atom stereocenters. The lowest BCUT2D eigenvalue weighted by molar-refractivity contribution is 0.102. The summed E-state index contributed by atoms with van der Waals surface area (Å²) in [6, 6.07) is 13.8. The van der Waals surface area contributed by atoms with Gasteiger partial charge in [0, 0.05) is 6.07 Å². The molecule has 0 aliphatic rings. The van der Waals surface area contributed by atoms with Crippen molar-refractivity contribution in [1.82, 2.24) is 9.78 Å². The van der Waals surface area contributed by atoms with Crippen LogP contribution in [0.5, 0.6) is 0 Å². The summed E-state index contributed by atoms with van der Waals surface area (Å²) in [6.07, 6.45) is 0. The first kappa shape index (κ1) is 16.2. The van der Waals surface area contributed by atoms with Crippen molar-refractivity contribution < 1.29 is 9.18 Å². The number of amides is 1. The minimum absolute atomic E-state index is 0.0677. The van der Waals surface area contributed by atoms with Crippen molar-refractivity contribution >= 4 is 23.3 Å². The first-order chi connectivity index (χ1) is 11.5. The lowest BCUT2D eigenvalue weighted by Crippen LogP contribution is -2.16. The Balaban J connectivity index is 1.95. The second-order valence-electron chi connectivity index (χ2n) is 5.45. The van der Waals surface area contributed by atoms with Gasteiger partial charge in [0.05, 0.1) is 22.0 Å². The van der Waals surface area contributed by atoms with Gasteiger partial charge in [0.1, 0.15) is 11.6 Å². The molecule has 1 N–H and O–H groups in total. The fourth-order valence-corrected chi connectivity index (χ4v) is 2.61. The van der Waals surface area contributed by atoms with Gasteiger partial charge >= 0.3 is 0 Å². The smallest absolute Gasteiger partial charge is 0.258 e. The van der Waals surface area contributed by atoms with Gasteiger partial charge in [-0.3, -0.25) is 4.79 Å². The van der Waals surface area contributed by atoms with Crippen molar-refractivity contribution in [3.63, 3.8) is 0 Å².